The van der Waals surface area contributed by atoms with Crippen molar-refractivity contribution in [1.82, 2.24) is 14.9 Å². The molecular formula is C25H24F3N5O2. The fraction of sp³-hybridized carbons (Fsp3) is 0.400. The molecule has 7 nitrogen and oxygen atoms in total. The van der Waals surface area contributed by atoms with E-state index < -0.39 is 17.3 Å². The largest absolute Gasteiger partial charge is 0.417 e. The molecule has 0 spiro atoms. The number of H-pyrrole nitrogens is 1. The molecule has 3 heterocycles. The Labute approximate surface area is 200 Å². The molecular weight excluding hydrogens is 459 g/mol. The maximum atomic E-state index is 13.5. The topological polar surface area (TPSA) is 85.2 Å². The molecule has 0 saturated carbocycles. The summed E-state index contributed by atoms with van der Waals surface area (Å²) in [6, 6.07) is 10.8. The number of fused-ring (bicyclic) bond motifs is 2. The van der Waals surface area contributed by atoms with Crippen molar-refractivity contribution in [1.29, 1.82) is 5.26 Å². The molecule has 3 aromatic rings. The zero-order chi connectivity index (χ0) is 24.8. The zero-order valence-electron chi connectivity index (χ0n) is 19.1. The first-order valence-corrected chi connectivity index (χ1v) is 11.3. The van der Waals surface area contributed by atoms with Crippen LogP contribution in [0.25, 0.3) is 11.0 Å². The molecule has 0 bridgehead atoms. The maximum Gasteiger partial charge on any atom is 0.417 e. The van der Waals surface area contributed by atoms with Crippen LogP contribution in [0.4, 0.5) is 18.9 Å². The lowest BCUT2D eigenvalue weighted by atomic mass is 9.73. The molecule has 5 rings (SSSR count). The Morgan fingerprint density at radius 1 is 1.29 bits per heavy atom. The number of rotatable bonds is 4. The van der Waals surface area contributed by atoms with Gasteiger partial charge in [0.2, 0.25) is 0 Å². The molecule has 10 heteroatoms. The summed E-state index contributed by atoms with van der Waals surface area (Å²) in [5, 5.41) is 9.12. The lowest BCUT2D eigenvalue weighted by Crippen LogP contribution is -2.50. The first-order valence-electron chi connectivity index (χ1n) is 11.3. The van der Waals surface area contributed by atoms with E-state index in [1.54, 1.807) is 43.8 Å². The summed E-state index contributed by atoms with van der Waals surface area (Å²) in [6.07, 6.45) is -2.35. The van der Waals surface area contributed by atoms with Crippen LogP contribution in [0.5, 0.6) is 0 Å². The molecule has 0 unspecified atom stereocenters. The first kappa shape index (κ1) is 23.2. The molecule has 2 aromatic carbocycles. The second kappa shape index (κ2) is 8.57. The number of amides is 1. The summed E-state index contributed by atoms with van der Waals surface area (Å²) in [7, 11) is 1.62. The van der Waals surface area contributed by atoms with Gasteiger partial charge < -0.3 is 19.5 Å². The number of methoxy groups -OCH3 is 1. The van der Waals surface area contributed by atoms with Crippen molar-refractivity contribution in [2.45, 2.75) is 12.6 Å². The number of aromatic nitrogens is 2. The highest BCUT2D eigenvalue weighted by atomic mass is 19.4. The lowest BCUT2D eigenvalue weighted by molar-refractivity contribution is -0.137. The number of anilines is 1. The number of imidazole rings is 1. The summed E-state index contributed by atoms with van der Waals surface area (Å²) in [5.41, 5.74) is 0.961. The van der Waals surface area contributed by atoms with E-state index in [1.807, 2.05) is 9.80 Å². The minimum Gasteiger partial charge on any atom is -0.384 e. The Bertz CT molecular complexity index is 1310. The van der Waals surface area contributed by atoms with Crippen LogP contribution in [0.3, 0.4) is 0 Å². The molecule has 2 aliphatic heterocycles. The molecule has 2 aliphatic rings. The Morgan fingerprint density at radius 2 is 2.11 bits per heavy atom. The highest BCUT2D eigenvalue weighted by Crippen LogP contribution is 2.45. The molecule has 2 atom stereocenters. The number of carbonyl (C=O) groups is 1. The van der Waals surface area contributed by atoms with Gasteiger partial charge in [-0.05, 0) is 42.8 Å². The Hall–Kier alpha value is -3.58. The second-order valence-electron chi connectivity index (χ2n) is 9.35. The number of likely N-dealkylation sites (tertiary alicyclic amines) is 1. The average molecular weight is 483 g/mol. The van der Waals surface area contributed by atoms with Gasteiger partial charge in [0.1, 0.15) is 0 Å². The Morgan fingerprint density at radius 3 is 2.86 bits per heavy atom. The van der Waals surface area contributed by atoms with Gasteiger partial charge in [-0.2, -0.15) is 18.4 Å². The lowest BCUT2D eigenvalue weighted by Gasteiger charge is -2.43. The second-order valence-corrected chi connectivity index (χ2v) is 9.35. The third-order valence-electron chi connectivity index (χ3n) is 7.31. The molecule has 2 saturated heterocycles. The summed E-state index contributed by atoms with van der Waals surface area (Å²) >= 11 is 0. The first-order chi connectivity index (χ1) is 16.7. The van der Waals surface area contributed by atoms with Gasteiger partial charge in [0.05, 0.1) is 41.2 Å². The standard InChI is InChI=1S/C25H24F3N5O2/c1-35-14-24-6-7-32(23(34)16-3-5-21-22(8-16)31-15-30-21)11-18(24)12-33(13-24)19-4-2-17(10-29)20(9-19)25(26,27)28/h2-5,8-9,15,18H,6-7,11-14H2,1H3,(H,30,31)/t18-,24+/m1/s1. The maximum absolute atomic E-state index is 13.5. The van der Waals surface area contributed by atoms with Crippen molar-refractivity contribution >= 4 is 22.6 Å². The fourth-order valence-electron chi connectivity index (χ4n) is 5.50. The van der Waals surface area contributed by atoms with E-state index in [4.69, 9.17) is 10.00 Å². The van der Waals surface area contributed by atoms with Gasteiger partial charge in [0, 0.05) is 55.9 Å². The van der Waals surface area contributed by atoms with Crippen LogP contribution in [-0.4, -0.2) is 60.7 Å². The summed E-state index contributed by atoms with van der Waals surface area (Å²) in [6.45, 7) is 2.50. The smallest absolute Gasteiger partial charge is 0.384 e. The van der Waals surface area contributed by atoms with Crippen LogP contribution in [-0.2, 0) is 10.9 Å². The van der Waals surface area contributed by atoms with Crippen molar-refractivity contribution in [2.75, 3.05) is 44.8 Å². The van der Waals surface area contributed by atoms with Crippen LogP contribution < -0.4 is 4.90 Å². The molecule has 1 N–H and O–H groups in total. The summed E-state index contributed by atoms with van der Waals surface area (Å²) in [5.74, 6) is -0.0512. The number of halogens is 3. The Kier molecular flexibility index (Phi) is 5.68. The van der Waals surface area contributed by atoms with Gasteiger partial charge in [-0.25, -0.2) is 4.98 Å². The summed E-state index contributed by atoms with van der Waals surface area (Å²) in [4.78, 5) is 24.2. The third-order valence-corrected chi connectivity index (χ3v) is 7.31. The van der Waals surface area contributed by atoms with Gasteiger partial charge >= 0.3 is 6.18 Å². The van der Waals surface area contributed by atoms with Crippen LogP contribution in [0, 0.1) is 22.7 Å². The SMILES string of the molecule is COC[C@@]12CCN(C(=O)c3ccc4nc[nH]c4c3)C[C@@H]1CN(c1ccc(C#N)c(C(F)(F)F)c1)C2. The molecule has 2 fully saturated rings. The van der Waals surface area contributed by atoms with Gasteiger partial charge in [0.25, 0.3) is 5.91 Å². The van der Waals surface area contributed by atoms with Gasteiger partial charge in [-0.15, -0.1) is 0 Å². The minimum atomic E-state index is -4.61. The number of nitrogens with zero attached hydrogens (tertiary/aromatic N) is 4. The number of aromatic amines is 1. The van der Waals surface area contributed by atoms with E-state index in [-0.39, 0.29) is 17.2 Å². The normalized spacial score (nSPS) is 22.3. The average Bonchev–Trinajstić information content (AvgIpc) is 3.46. The highest BCUT2D eigenvalue weighted by Gasteiger charge is 2.50. The quantitative estimate of drug-likeness (QED) is 0.605. The van der Waals surface area contributed by atoms with E-state index >= 15 is 0 Å². The van der Waals surface area contributed by atoms with Crippen molar-refractivity contribution in [3.8, 4) is 6.07 Å². The zero-order valence-corrected chi connectivity index (χ0v) is 19.1. The van der Waals surface area contributed by atoms with Crippen molar-refractivity contribution in [2.24, 2.45) is 11.3 Å². The number of nitriles is 1. The van der Waals surface area contributed by atoms with E-state index in [9.17, 15) is 18.0 Å². The van der Waals surface area contributed by atoms with Crippen molar-refractivity contribution in [3.05, 3.63) is 59.4 Å². The van der Waals surface area contributed by atoms with Gasteiger partial charge in [0.15, 0.2) is 0 Å². The van der Waals surface area contributed by atoms with E-state index in [0.717, 1.165) is 17.1 Å². The number of carbonyl (C=O) groups excluding carboxylic acids is 1. The van der Waals surface area contributed by atoms with E-state index in [0.29, 0.717) is 50.5 Å². The molecule has 0 aliphatic carbocycles. The van der Waals surface area contributed by atoms with Crippen LogP contribution in [0.2, 0.25) is 0 Å². The monoisotopic (exact) mass is 483 g/mol. The van der Waals surface area contributed by atoms with Gasteiger partial charge in [-0.1, -0.05) is 0 Å². The fourth-order valence-corrected chi connectivity index (χ4v) is 5.50. The highest BCUT2D eigenvalue weighted by molar-refractivity contribution is 5.97. The summed E-state index contributed by atoms with van der Waals surface area (Å²) < 4.78 is 46.1. The molecule has 0 radical (unpaired) electrons. The van der Waals surface area contributed by atoms with Gasteiger partial charge in [-0.3, -0.25) is 4.79 Å². The predicted molar refractivity (Wildman–Crippen MR) is 123 cm³/mol. The molecule has 182 valence electrons. The number of hydrogen-bond donors (Lipinski definition) is 1. The number of hydrogen-bond acceptors (Lipinski definition) is 5. The number of ether oxygens (including phenoxy) is 1. The van der Waals surface area contributed by atoms with Crippen molar-refractivity contribution in [3.63, 3.8) is 0 Å². The number of nitrogens with one attached hydrogen (secondary N) is 1. The van der Waals surface area contributed by atoms with E-state index in [2.05, 4.69) is 9.97 Å². The predicted octanol–water partition coefficient (Wildman–Crippen LogP) is 4.07. The van der Waals surface area contributed by atoms with E-state index in [1.165, 1.54) is 6.07 Å². The number of piperidine rings is 1. The molecule has 1 aromatic heterocycles. The van der Waals surface area contributed by atoms with Crippen LogP contribution in [0.1, 0.15) is 27.9 Å². The number of alkyl halides is 3. The van der Waals surface area contributed by atoms with Crippen molar-refractivity contribution < 1.29 is 22.7 Å². The minimum absolute atomic E-state index is 0.0287. The Balaban J connectivity index is 1.40. The molecule has 35 heavy (non-hydrogen) atoms. The van der Waals surface area contributed by atoms with Crippen LogP contribution in [0.15, 0.2) is 42.7 Å². The van der Waals surface area contributed by atoms with Crippen LogP contribution >= 0.6 is 0 Å². The molecule has 1 amide bonds. The third kappa shape index (κ3) is 4.10. The number of benzene rings is 2.